The minimum absolute atomic E-state index is 0.134. The van der Waals surface area contributed by atoms with Crippen molar-refractivity contribution in [2.45, 2.75) is 19.5 Å². The number of hydrogen-bond donors (Lipinski definition) is 1. The van der Waals surface area contributed by atoms with Crippen LogP contribution in [0.4, 0.5) is 5.69 Å². The molecule has 3 aromatic carbocycles. The van der Waals surface area contributed by atoms with Crippen molar-refractivity contribution < 1.29 is 14.4 Å². The Balaban J connectivity index is 1.63. The third-order valence-corrected chi connectivity index (χ3v) is 6.15. The second-order valence-electron chi connectivity index (χ2n) is 7.51. The molecular formula is C24H22BrN3O3. The van der Waals surface area contributed by atoms with E-state index in [4.69, 9.17) is 0 Å². The van der Waals surface area contributed by atoms with E-state index in [0.717, 1.165) is 26.5 Å². The van der Waals surface area contributed by atoms with Crippen LogP contribution in [0.2, 0.25) is 0 Å². The summed E-state index contributed by atoms with van der Waals surface area (Å²) in [5.74, 6) is -0.753. The lowest BCUT2D eigenvalue weighted by atomic mass is 10.1. The normalized spacial score (nSPS) is 13.4. The minimum atomic E-state index is -0.683. The molecule has 0 spiro atoms. The van der Waals surface area contributed by atoms with Crippen LogP contribution in [0, 0.1) is 0 Å². The topological polar surface area (TPSA) is 69.7 Å². The Morgan fingerprint density at radius 1 is 1.06 bits per heavy atom. The predicted molar refractivity (Wildman–Crippen MR) is 124 cm³/mol. The first-order chi connectivity index (χ1) is 14.9. The van der Waals surface area contributed by atoms with Crippen molar-refractivity contribution in [3.63, 3.8) is 0 Å². The van der Waals surface area contributed by atoms with E-state index in [1.165, 1.54) is 9.80 Å². The van der Waals surface area contributed by atoms with Crippen LogP contribution < -0.4 is 10.2 Å². The van der Waals surface area contributed by atoms with Crippen molar-refractivity contribution in [2.24, 2.45) is 0 Å². The standard InChI is InChI=1S/C24H22BrN3O3/c1-15(23(30)26-2)27(13-16-9-11-18(25)12-10-16)21(29)14-28-20-8-4-6-17-5-3-7-19(22(17)20)24(28)31/h3-12,15H,13-14H2,1-2H3,(H,26,30)/t15-/m0/s1. The Hall–Kier alpha value is -3.19. The first-order valence-corrected chi connectivity index (χ1v) is 10.8. The van der Waals surface area contributed by atoms with Gasteiger partial charge in [-0.1, -0.05) is 52.3 Å². The highest BCUT2D eigenvalue weighted by Crippen LogP contribution is 2.37. The first kappa shape index (κ1) is 21.1. The maximum Gasteiger partial charge on any atom is 0.259 e. The summed E-state index contributed by atoms with van der Waals surface area (Å²) in [4.78, 5) is 41.8. The summed E-state index contributed by atoms with van der Waals surface area (Å²) >= 11 is 3.41. The fourth-order valence-electron chi connectivity index (χ4n) is 3.94. The van der Waals surface area contributed by atoms with Gasteiger partial charge in [-0.15, -0.1) is 0 Å². The number of hydrogen-bond acceptors (Lipinski definition) is 3. The second kappa shape index (κ2) is 8.51. The number of nitrogens with zero attached hydrogens (tertiary/aromatic N) is 2. The fourth-order valence-corrected chi connectivity index (χ4v) is 4.20. The third kappa shape index (κ3) is 3.93. The van der Waals surface area contributed by atoms with E-state index < -0.39 is 6.04 Å². The van der Waals surface area contributed by atoms with Crippen LogP contribution in [-0.2, 0) is 16.1 Å². The van der Waals surface area contributed by atoms with Crippen molar-refractivity contribution >= 4 is 50.1 Å². The van der Waals surface area contributed by atoms with Gasteiger partial charge in [0.15, 0.2) is 0 Å². The SMILES string of the molecule is CNC(=O)[C@H](C)N(Cc1ccc(Br)cc1)C(=O)CN1C(=O)c2cccc3cccc1c23. The Morgan fingerprint density at radius 2 is 1.74 bits per heavy atom. The van der Waals surface area contributed by atoms with Gasteiger partial charge in [0.1, 0.15) is 12.6 Å². The summed E-state index contributed by atoms with van der Waals surface area (Å²) in [7, 11) is 1.54. The number of likely N-dealkylation sites (N-methyl/N-ethyl adjacent to an activating group) is 1. The summed E-state index contributed by atoms with van der Waals surface area (Å²) < 4.78 is 0.932. The number of carbonyl (C=O) groups excluding carboxylic acids is 3. The van der Waals surface area contributed by atoms with E-state index >= 15 is 0 Å². The summed E-state index contributed by atoms with van der Waals surface area (Å²) in [5, 5.41) is 4.43. The minimum Gasteiger partial charge on any atom is -0.357 e. The van der Waals surface area contributed by atoms with E-state index in [0.29, 0.717) is 5.56 Å². The van der Waals surface area contributed by atoms with Gasteiger partial charge in [-0.05, 0) is 42.1 Å². The summed E-state index contributed by atoms with van der Waals surface area (Å²) in [6.45, 7) is 1.82. The molecule has 6 nitrogen and oxygen atoms in total. The molecule has 4 rings (SSSR count). The molecule has 1 atom stereocenters. The van der Waals surface area contributed by atoms with Gasteiger partial charge in [0.25, 0.3) is 5.91 Å². The molecule has 3 aromatic rings. The monoisotopic (exact) mass is 479 g/mol. The van der Waals surface area contributed by atoms with Gasteiger partial charge >= 0.3 is 0 Å². The molecule has 31 heavy (non-hydrogen) atoms. The Bertz CT molecular complexity index is 1170. The highest BCUT2D eigenvalue weighted by atomic mass is 79.9. The molecule has 0 radical (unpaired) electrons. The molecule has 158 valence electrons. The number of carbonyl (C=O) groups is 3. The van der Waals surface area contributed by atoms with Gasteiger partial charge < -0.3 is 10.2 Å². The van der Waals surface area contributed by atoms with Crippen molar-refractivity contribution in [1.82, 2.24) is 10.2 Å². The molecule has 1 heterocycles. The lowest BCUT2D eigenvalue weighted by Crippen LogP contribution is -2.50. The van der Waals surface area contributed by atoms with Crippen molar-refractivity contribution in [3.8, 4) is 0 Å². The van der Waals surface area contributed by atoms with E-state index in [1.54, 1.807) is 20.0 Å². The molecule has 0 unspecified atom stereocenters. The average molecular weight is 480 g/mol. The van der Waals surface area contributed by atoms with Gasteiger partial charge in [0.05, 0.1) is 5.69 Å². The van der Waals surface area contributed by atoms with Crippen LogP contribution >= 0.6 is 15.9 Å². The number of benzene rings is 3. The number of anilines is 1. The molecule has 7 heteroatoms. The van der Waals surface area contributed by atoms with E-state index in [-0.39, 0.29) is 30.8 Å². The summed E-state index contributed by atoms with van der Waals surface area (Å²) in [6.07, 6.45) is 0. The summed E-state index contributed by atoms with van der Waals surface area (Å²) in [5.41, 5.74) is 2.22. The number of amides is 3. The van der Waals surface area contributed by atoms with Gasteiger partial charge in [-0.2, -0.15) is 0 Å². The molecule has 0 saturated carbocycles. The van der Waals surface area contributed by atoms with Gasteiger partial charge in [0, 0.05) is 29.0 Å². The molecular weight excluding hydrogens is 458 g/mol. The van der Waals surface area contributed by atoms with Gasteiger partial charge in [-0.25, -0.2) is 0 Å². The molecule has 0 fully saturated rings. The van der Waals surface area contributed by atoms with Crippen molar-refractivity contribution in [2.75, 3.05) is 18.5 Å². The molecule has 1 aliphatic rings. The molecule has 0 aromatic heterocycles. The van der Waals surface area contributed by atoms with Crippen LogP contribution in [0.15, 0.2) is 65.1 Å². The van der Waals surface area contributed by atoms with Crippen LogP contribution in [0.25, 0.3) is 10.8 Å². The maximum atomic E-state index is 13.4. The largest absolute Gasteiger partial charge is 0.357 e. The van der Waals surface area contributed by atoms with Crippen LogP contribution in [0.3, 0.4) is 0 Å². The lowest BCUT2D eigenvalue weighted by Gasteiger charge is -2.30. The van der Waals surface area contributed by atoms with Crippen molar-refractivity contribution in [1.29, 1.82) is 0 Å². The fraction of sp³-hybridized carbons (Fsp3) is 0.208. The zero-order valence-electron chi connectivity index (χ0n) is 17.3. The van der Waals surface area contributed by atoms with E-state index in [9.17, 15) is 14.4 Å². The lowest BCUT2D eigenvalue weighted by molar-refractivity contribution is -0.139. The molecule has 0 aliphatic carbocycles. The highest BCUT2D eigenvalue weighted by Gasteiger charge is 2.34. The molecule has 0 bridgehead atoms. The van der Waals surface area contributed by atoms with Gasteiger partial charge in [-0.3, -0.25) is 19.3 Å². The quantitative estimate of drug-likeness (QED) is 0.585. The smallest absolute Gasteiger partial charge is 0.259 e. The van der Waals surface area contributed by atoms with Crippen LogP contribution in [0.5, 0.6) is 0 Å². The predicted octanol–water partition coefficient (Wildman–Crippen LogP) is 3.73. The van der Waals surface area contributed by atoms with E-state index in [1.807, 2.05) is 54.6 Å². The third-order valence-electron chi connectivity index (χ3n) is 5.62. The van der Waals surface area contributed by atoms with Crippen LogP contribution in [-0.4, -0.2) is 42.3 Å². The zero-order chi connectivity index (χ0) is 22.1. The van der Waals surface area contributed by atoms with Gasteiger partial charge in [0.2, 0.25) is 11.8 Å². The number of nitrogens with one attached hydrogen (secondary N) is 1. The Morgan fingerprint density at radius 3 is 2.42 bits per heavy atom. The molecule has 1 aliphatic heterocycles. The highest BCUT2D eigenvalue weighted by molar-refractivity contribution is 9.10. The second-order valence-corrected chi connectivity index (χ2v) is 8.43. The molecule has 1 N–H and O–H groups in total. The average Bonchev–Trinajstić information content (AvgIpc) is 3.05. The van der Waals surface area contributed by atoms with Crippen LogP contribution in [0.1, 0.15) is 22.8 Å². The first-order valence-electron chi connectivity index (χ1n) is 10.00. The molecule has 0 saturated heterocycles. The zero-order valence-corrected chi connectivity index (χ0v) is 18.8. The summed E-state index contributed by atoms with van der Waals surface area (Å²) in [6, 6.07) is 18.2. The van der Waals surface area contributed by atoms with E-state index in [2.05, 4.69) is 21.2 Å². The maximum absolute atomic E-state index is 13.4. The Labute approximate surface area is 189 Å². The Kier molecular flexibility index (Phi) is 5.78. The molecule has 3 amide bonds. The number of rotatable bonds is 6. The van der Waals surface area contributed by atoms with Crippen molar-refractivity contribution in [3.05, 3.63) is 76.3 Å². The number of halogens is 1.